The number of fused-ring (bicyclic) bond motifs is 1. The number of carboxylic acids is 1. The molecule has 0 bridgehead atoms. The first-order valence-electron chi connectivity index (χ1n) is 6.18. The summed E-state index contributed by atoms with van der Waals surface area (Å²) in [5.74, 6) is -0.927. The minimum Gasteiger partial charge on any atom is -0.477 e. The Hall–Kier alpha value is -1.88. The maximum atomic E-state index is 11.1. The first-order chi connectivity index (χ1) is 8.74. The summed E-state index contributed by atoms with van der Waals surface area (Å²) in [5.41, 5.74) is 1.90. The van der Waals surface area contributed by atoms with Gasteiger partial charge in [-0.3, -0.25) is 4.40 Å². The maximum absolute atomic E-state index is 11.1. The highest BCUT2D eigenvalue weighted by molar-refractivity contribution is 5.86. The second-order valence-corrected chi connectivity index (χ2v) is 4.67. The van der Waals surface area contributed by atoms with Gasteiger partial charge in [-0.15, -0.1) is 0 Å². The van der Waals surface area contributed by atoms with Crippen LogP contribution in [0.4, 0.5) is 0 Å². The number of hydrogen-bond acceptors (Lipinski definition) is 3. The Balaban J connectivity index is 1.94. The highest BCUT2D eigenvalue weighted by Gasteiger charge is 2.17. The molecule has 0 aliphatic carbocycles. The third-order valence-corrected chi connectivity index (χ3v) is 3.38. The zero-order valence-electron chi connectivity index (χ0n) is 9.97. The van der Waals surface area contributed by atoms with E-state index < -0.39 is 5.97 Å². The average Bonchev–Trinajstić information content (AvgIpc) is 2.96. The van der Waals surface area contributed by atoms with Gasteiger partial charge in [0.1, 0.15) is 11.3 Å². The number of hydrogen-bond donors (Lipinski definition) is 2. The lowest BCUT2D eigenvalue weighted by Gasteiger charge is -2.06. The van der Waals surface area contributed by atoms with Crippen LogP contribution < -0.4 is 5.32 Å². The van der Waals surface area contributed by atoms with Crippen molar-refractivity contribution in [2.75, 3.05) is 6.54 Å². The quantitative estimate of drug-likeness (QED) is 0.856. The molecule has 94 valence electrons. The molecule has 0 saturated carbocycles. The Kier molecular flexibility index (Phi) is 2.76. The molecule has 2 aromatic heterocycles. The van der Waals surface area contributed by atoms with E-state index in [0.717, 1.165) is 18.7 Å². The Morgan fingerprint density at radius 1 is 1.56 bits per heavy atom. The van der Waals surface area contributed by atoms with Crippen molar-refractivity contribution >= 4 is 11.6 Å². The van der Waals surface area contributed by atoms with Gasteiger partial charge in [-0.2, -0.15) is 0 Å². The van der Waals surface area contributed by atoms with E-state index in [4.69, 9.17) is 5.11 Å². The van der Waals surface area contributed by atoms with Crippen LogP contribution in [-0.2, 0) is 6.42 Å². The van der Waals surface area contributed by atoms with Crippen LogP contribution in [0, 0.1) is 0 Å². The van der Waals surface area contributed by atoms with E-state index in [9.17, 15) is 4.79 Å². The number of imidazole rings is 1. The van der Waals surface area contributed by atoms with Crippen LogP contribution in [0.15, 0.2) is 24.4 Å². The minimum absolute atomic E-state index is 0.255. The van der Waals surface area contributed by atoms with Crippen LogP contribution in [0.3, 0.4) is 0 Å². The Bertz CT molecular complexity index is 585. The Labute approximate surface area is 104 Å². The van der Waals surface area contributed by atoms with Crippen molar-refractivity contribution in [3.05, 3.63) is 35.8 Å². The standard InChI is InChI=1S/C13H15N3O2/c17-13(18)11-4-1-5-12-15-10(8-16(11)12)7-9-3-2-6-14-9/h1,4-5,8-9,14H,2-3,6-7H2,(H,17,18). The molecule has 1 atom stereocenters. The van der Waals surface area contributed by atoms with Crippen LogP contribution in [0.2, 0.25) is 0 Å². The highest BCUT2D eigenvalue weighted by atomic mass is 16.4. The minimum atomic E-state index is -0.927. The normalized spacial score (nSPS) is 19.4. The fourth-order valence-electron chi connectivity index (χ4n) is 2.52. The summed E-state index contributed by atoms with van der Waals surface area (Å²) in [6.45, 7) is 1.07. The molecular weight excluding hydrogens is 230 g/mol. The van der Waals surface area contributed by atoms with Gasteiger partial charge >= 0.3 is 5.97 Å². The summed E-state index contributed by atoms with van der Waals surface area (Å²) < 4.78 is 1.65. The summed E-state index contributed by atoms with van der Waals surface area (Å²) >= 11 is 0. The SMILES string of the molecule is O=C(O)c1cccc2nc(CC3CCCN3)cn12. The van der Waals surface area contributed by atoms with E-state index >= 15 is 0 Å². The van der Waals surface area contributed by atoms with Gasteiger partial charge in [0.15, 0.2) is 0 Å². The Morgan fingerprint density at radius 2 is 2.44 bits per heavy atom. The van der Waals surface area contributed by atoms with Gasteiger partial charge in [0.25, 0.3) is 0 Å². The zero-order valence-corrected chi connectivity index (χ0v) is 9.97. The van der Waals surface area contributed by atoms with Crippen LogP contribution in [0.5, 0.6) is 0 Å². The predicted octanol–water partition coefficient (Wildman–Crippen LogP) is 1.33. The lowest BCUT2D eigenvalue weighted by molar-refractivity contribution is 0.0689. The van der Waals surface area contributed by atoms with Crippen LogP contribution in [0.1, 0.15) is 29.0 Å². The van der Waals surface area contributed by atoms with Gasteiger partial charge in [-0.25, -0.2) is 9.78 Å². The molecule has 5 nitrogen and oxygen atoms in total. The molecule has 0 amide bonds. The van der Waals surface area contributed by atoms with Crippen molar-refractivity contribution in [3.63, 3.8) is 0 Å². The fourth-order valence-corrected chi connectivity index (χ4v) is 2.52. The lowest BCUT2D eigenvalue weighted by Crippen LogP contribution is -2.23. The molecule has 5 heteroatoms. The smallest absolute Gasteiger partial charge is 0.352 e. The molecule has 1 aliphatic rings. The number of carboxylic acid groups (broad SMARTS) is 1. The molecule has 18 heavy (non-hydrogen) atoms. The number of aromatic nitrogens is 2. The van der Waals surface area contributed by atoms with Crippen molar-refractivity contribution < 1.29 is 9.90 Å². The molecule has 1 saturated heterocycles. The van der Waals surface area contributed by atoms with E-state index in [2.05, 4.69) is 10.3 Å². The summed E-state index contributed by atoms with van der Waals surface area (Å²) in [6.07, 6.45) is 5.07. The van der Waals surface area contributed by atoms with Crippen LogP contribution >= 0.6 is 0 Å². The van der Waals surface area contributed by atoms with E-state index in [1.54, 1.807) is 16.5 Å². The van der Waals surface area contributed by atoms with E-state index in [0.29, 0.717) is 11.7 Å². The molecule has 1 fully saturated rings. The van der Waals surface area contributed by atoms with Crippen molar-refractivity contribution in [2.24, 2.45) is 0 Å². The largest absolute Gasteiger partial charge is 0.477 e. The van der Waals surface area contributed by atoms with Crippen LogP contribution in [-0.4, -0.2) is 33.0 Å². The predicted molar refractivity (Wildman–Crippen MR) is 66.9 cm³/mol. The number of nitrogens with zero attached hydrogens (tertiary/aromatic N) is 2. The average molecular weight is 245 g/mol. The molecule has 0 radical (unpaired) electrons. The zero-order chi connectivity index (χ0) is 12.5. The molecular formula is C13H15N3O2. The van der Waals surface area contributed by atoms with Crippen LogP contribution in [0.25, 0.3) is 5.65 Å². The summed E-state index contributed by atoms with van der Waals surface area (Å²) in [7, 11) is 0. The van der Waals surface area contributed by atoms with Crippen molar-refractivity contribution in [3.8, 4) is 0 Å². The second kappa shape index (κ2) is 4.42. The van der Waals surface area contributed by atoms with Gasteiger partial charge in [-0.05, 0) is 31.5 Å². The van der Waals surface area contributed by atoms with Gasteiger partial charge in [0, 0.05) is 18.7 Å². The third kappa shape index (κ3) is 1.97. The molecule has 3 heterocycles. The summed E-state index contributed by atoms with van der Waals surface area (Å²) in [4.78, 5) is 15.6. The maximum Gasteiger partial charge on any atom is 0.352 e. The third-order valence-electron chi connectivity index (χ3n) is 3.38. The first-order valence-corrected chi connectivity index (χ1v) is 6.18. The number of aromatic carboxylic acids is 1. The molecule has 1 unspecified atom stereocenters. The van der Waals surface area contributed by atoms with E-state index in [1.807, 2.05) is 12.3 Å². The van der Waals surface area contributed by atoms with Gasteiger partial charge in [0.05, 0.1) is 5.69 Å². The van der Waals surface area contributed by atoms with Crippen molar-refractivity contribution in [1.82, 2.24) is 14.7 Å². The van der Waals surface area contributed by atoms with Gasteiger partial charge in [-0.1, -0.05) is 6.07 Å². The van der Waals surface area contributed by atoms with Crippen molar-refractivity contribution in [1.29, 1.82) is 0 Å². The summed E-state index contributed by atoms with van der Waals surface area (Å²) in [6, 6.07) is 5.62. The molecule has 3 rings (SSSR count). The molecule has 2 aromatic rings. The lowest BCUT2D eigenvalue weighted by atomic mass is 10.1. The first kappa shape index (κ1) is 11.2. The topological polar surface area (TPSA) is 66.6 Å². The van der Waals surface area contributed by atoms with E-state index in [-0.39, 0.29) is 5.69 Å². The number of nitrogens with one attached hydrogen (secondary N) is 1. The molecule has 0 aromatic carbocycles. The van der Waals surface area contributed by atoms with Gasteiger partial charge in [0.2, 0.25) is 0 Å². The second-order valence-electron chi connectivity index (χ2n) is 4.67. The molecule has 1 aliphatic heterocycles. The van der Waals surface area contributed by atoms with E-state index in [1.165, 1.54) is 12.8 Å². The Morgan fingerprint density at radius 3 is 3.17 bits per heavy atom. The number of carbonyl (C=O) groups is 1. The van der Waals surface area contributed by atoms with Crippen molar-refractivity contribution in [2.45, 2.75) is 25.3 Å². The fraction of sp³-hybridized carbons (Fsp3) is 0.385. The highest BCUT2D eigenvalue weighted by Crippen LogP contribution is 2.14. The summed E-state index contributed by atoms with van der Waals surface area (Å²) in [5, 5.41) is 12.5. The molecule has 0 spiro atoms. The molecule has 2 N–H and O–H groups in total. The monoisotopic (exact) mass is 245 g/mol. The number of pyridine rings is 1. The van der Waals surface area contributed by atoms with Gasteiger partial charge < -0.3 is 10.4 Å². The number of rotatable bonds is 3.